The maximum atomic E-state index is 11.2. The van der Waals surface area contributed by atoms with Crippen LogP contribution in [0.15, 0.2) is 15.7 Å². The van der Waals surface area contributed by atoms with Crippen LogP contribution >= 0.6 is 0 Å². The molecule has 5 heteroatoms. The summed E-state index contributed by atoms with van der Waals surface area (Å²) in [6.07, 6.45) is 2.84. The highest BCUT2D eigenvalue weighted by atomic mass is 16.3. The molecule has 1 aromatic heterocycles. The predicted octanol–water partition coefficient (Wildman–Crippen LogP) is -0.0328. The third-order valence-electron chi connectivity index (χ3n) is 2.40. The largest absolute Gasteiger partial charge is 0.494 e. The second kappa shape index (κ2) is 2.76. The molecule has 1 aliphatic carbocycles. The summed E-state index contributed by atoms with van der Waals surface area (Å²) in [5.41, 5.74) is -1.08. The SMILES string of the molecule is O=c1cc(O)n(C2CCC2)c(=O)[nH]1. The molecule has 0 saturated heterocycles. The van der Waals surface area contributed by atoms with Crippen molar-refractivity contribution in [2.75, 3.05) is 0 Å². The van der Waals surface area contributed by atoms with E-state index in [1.54, 1.807) is 0 Å². The Morgan fingerprint density at radius 2 is 2.15 bits per heavy atom. The van der Waals surface area contributed by atoms with Gasteiger partial charge in [-0.15, -0.1) is 0 Å². The number of hydrogen-bond acceptors (Lipinski definition) is 3. The molecule has 1 saturated carbocycles. The van der Waals surface area contributed by atoms with E-state index in [2.05, 4.69) is 4.98 Å². The van der Waals surface area contributed by atoms with E-state index in [0.29, 0.717) is 0 Å². The van der Waals surface area contributed by atoms with Crippen molar-refractivity contribution in [3.05, 3.63) is 26.9 Å². The van der Waals surface area contributed by atoms with Gasteiger partial charge in [0, 0.05) is 6.04 Å². The van der Waals surface area contributed by atoms with E-state index in [1.807, 2.05) is 0 Å². The maximum Gasteiger partial charge on any atom is 0.331 e. The lowest BCUT2D eigenvalue weighted by Gasteiger charge is -2.27. The number of aromatic hydroxyl groups is 1. The molecule has 1 heterocycles. The number of aromatic nitrogens is 2. The van der Waals surface area contributed by atoms with Crippen molar-refractivity contribution in [2.45, 2.75) is 25.3 Å². The van der Waals surface area contributed by atoms with Gasteiger partial charge in [-0.2, -0.15) is 0 Å². The van der Waals surface area contributed by atoms with Gasteiger partial charge in [-0.1, -0.05) is 0 Å². The Kier molecular flexibility index (Phi) is 1.72. The molecule has 13 heavy (non-hydrogen) atoms. The zero-order valence-electron chi connectivity index (χ0n) is 6.99. The first-order chi connectivity index (χ1) is 6.18. The van der Waals surface area contributed by atoms with Crippen LogP contribution in [0.5, 0.6) is 5.88 Å². The average Bonchev–Trinajstić information content (AvgIpc) is 1.92. The van der Waals surface area contributed by atoms with Crippen molar-refractivity contribution in [3.8, 4) is 5.88 Å². The smallest absolute Gasteiger partial charge is 0.331 e. The van der Waals surface area contributed by atoms with Gasteiger partial charge in [-0.05, 0) is 19.3 Å². The van der Waals surface area contributed by atoms with Crippen LogP contribution in [-0.4, -0.2) is 14.7 Å². The summed E-state index contributed by atoms with van der Waals surface area (Å²) in [5.74, 6) is -0.238. The minimum atomic E-state index is -0.557. The number of rotatable bonds is 1. The van der Waals surface area contributed by atoms with Crippen LogP contribution in [0.2, 0.25) is 0 Å². The Morgan fingerprint density at radius 1 is 1.46 bits per heavy atom. The highest BCUT2D eigenvalue weighted by Gasteiger charge is 2.22. The molecule has 0 spiro atoms. The first-order valence-electron chi connectivity index (χ1n) is 4.23. The summed E-state index contributed by atoms with van der Waals surface area (Å²) >= 11 is 0. The Labute approximate surface area is 73.7 Å². The number of H-pyrrole nitrogens is 1. The van der Waals surface area contributed by atoms with Gasteiger partial charge in [0.25, 0.3) is 5.56 Å². The van der Waals surface area contributed by atoms with E-state index in [-0.39, 0.29) is 11.9 Å². The lowest BCUT2D eigenvalue weighted by molar-refractivity contribution is 0.266. The predicted molar refractivity (Wildman–Crippen MR) is 45.9 cm³/mol. The van der Waals surface area contributed by atoms with Crippen LogP contribution < -0.4 is 11.2 Å². The summed E-state index contributed by atoms with van der Waals surface area (Å²) in [4.78, 5) is 24.1. The summed E-state index contributed by atoms with van der Waals surface area (Å²) < 4.78 is 1.24. The van der Waals surface area contributed by atoms with Gasteiger partial charge in [0.15, 0.2) is 0 Å². The monoisotopic (exact) mass is 182 g/mol. The molecule has 0 radical (unpaired) electrons. The van der Waals surface area contributed by atoms with Crippen LogP contribution in [-0.2, 0) is 0 Å². The molecule has 1 aromatic rings. The standard InChI is InChI=1S/C8H10N2O3/c11-6-4-7(12)10(8(13)9-6)5-2-1-3-5/h4-5,12H,1-3H2,(H,9,11,13). The second-order valence-electron chi connectivity index (χ2n) is 3.25. The first kappa shape index (κ1) is 8.10. The Hall–Kier alpha value is -1.52. The van der Waals surface area contributed by atoms with E-state index >= 15 is 0 Å². The third-order valence-corrected chi connectivity index (χ3v) is 2.40. The first-order valence-corrected chi connectivity index (χ1v) is 4.23. The molecular weight excluding hydrogens is 172 g/mol. The molecule has 5 nitrogen and oxygen atoms in total. The molecule has 1 aliphatic rings. The number of hydrogen-bond donors (Lipinski definition) is 2. The summed E-state index contributed by atoms with van der Waals surface area (Å²) in [6, 6.07) is 1.09. The molecule has 2 N–H and O–H groups in total. The van der Waals surface area contributed by atoms with E-state index in [4.69, 9.17) is 0 Å². The summed E-state index contributed by atoms with van der Waals surface area (Å²) in [6.45, 7) is 0. The molecule has 0 aromatic carbocycles. The topological polar surface area (TPSA) is 75.1 Å². The zero-order chi connectivity index (χ0) is 9.42. The molecule has 0 amide bonds. The number of nitrogens with zero attached hydrogens (tertiary/aromatic N) is 1. The Morgan fingerprint density at radius 3 is 2.62 bits per heavy atom. The van der Waals surface area contributed by atoms with Gasteiger partial charge in [0.1, 0.15) is 0 Å². The van der Waals surface area contributed by atoms with Crippen LogP contribution in [0.1, 0.15) is 25.3 Å². The Balaban J connectivity index is 2.55. The average molecular weight is 182 g/mol. The zero-order valence-corrected chi connectivity index (χ0v) is 6.99. The maximum absolute atomic E-state index is 11.2. The van der Waals surface area contributed by atoms with Crippen molar-refractivity contribution in [1.82, 2.24) is 9.55 Å². The molecule has 2 rings (SSSR count). The van der Waals surface area contributed by atoms with Crippen molar-refractivity contribution in [1.29, 1.82) is 0 Å². The van der Waals surface area contributed by atoms with Crippen molar-refractivity contribution in [3.63, 3.8) is 0 Å². The van der Waals surface area contributed by atoms with Gasteiger partial charge >= 0.3 is 5.69 Å². The van der Waals surface area contributed by atoms with Crippen molar-refractivity contribution < 1.29 is 5.11 Å². The van der Waals surface area contributed by atoms with E-state index in [9.17, 15) is 14.7 Å². The van der Waals surface area contributed by atoms with Gasteiger partial charge < -0.3 is 5.11 Å². The minimum Gasteiger partial charge on any atom is -0.494 e. The fourth-order valence-electron chi connectivity index (χ4n) is 1.49. The number of aromatic amines is 1. The van der Waals surface area contributed by atoms with Crippen LogP contribution in [0, 0.1) is 0 Å². The fourth-order valence-corrected chi connectivity index (χ4v) is 1.49. The fraction of sp³-hybridized carbons (Fsp3) is 0.500. The van der Waals surface area contributed by atoms with E-state index in [0.717, 1.165) is 25.3 Å². The van der Waals surface area contributed by atoms with Gasteiger partial charge in [-0.3, -0.25) is 14.3 Å². The van der Waals surface area contributed by atoms with E-state index in [1.165, 1.54) is 4.57 Å². The second-order valence-corrected chi connectivity index (χ2v) is 3.25. The molecule has 1 fully saturated rings. The van der Waals surface area contributed by atoms with Crippen molar-refractivity contribution >= 4 is 0 Å². The summed E-state index contributed by atoms with van der Waals surface area (Å²) in [5, 5.41) is 9.35. The number of nitrogens with one attached hydrogen (secondary N) is 1. The minimum absolute atomic E-state index is 0.0596. The third kappa shape index (κ3) is 1.26. The summed E-state index contributed by atoms with van der Waals surface area (Å²) in [7, 11) is 0. The highest BCUT2D eigenvalue weighted by Crippen LogP contribution is 2.32. The van der Waals surface area contributed by atoms with Gasteiger partial charge in [-0.25, -0.2) is 4.79 Å². The molecule has 70 valence electrons. The lowest BCUT2D eigenvalue weighted by Crippen LogP contribution is -2.34. The molecule has 0 aliphatic heterocycles. The highest BCUT2D eigenvalue weighted by molar-refractivity contribution is 5.08. The molecule has 0 bridgehead atoms. The van der Waals surface area contributed by atoms with Gasteiger partial charge in [0.05, 0.1) is 6.07 Å². The lowest BCUT2D eigenvalue weighted by atomic mass is 9.93. The molecule has 0 atom stereocenters. The van der Waals surface area contributed by atoms with E-state index < -0.39 is 11.2 Å². The van der Waals surface area contributed by atoms with Crippen LogP contribution in [0.4, 0.5) is 0 Å². The quantitative estimate of drug-likeness (QED) is 0.640. The molecule has 0 unspecified atom stereocenters. The Bertz CT molecular complexity index is 428. The van der Waals surface area contributed by atoms with Crippen LogP contribution in [0.25, 0.3) is 0 Å². The molecular formula is C8H10N2O3. The van der Waals surface area contributed by atoms with Gasteiger partial charge in [0.2, 0.25) is 5.88 Å². The van der Waals surface area contributed by atoms with Crippen LogP contribution in [0.3, 0.4) is 0 Å². The van der Waals surface area contributed by atoms with Crippen molar-refractivity contribution in [2.24, 2.45) is 0 Å². The normalized spacial score (nSPS) is 16.9.